The monoisotopic (exact) mass is 430 g/mol. The summed E-state index contributed by atoms with van der Waals surface area (Å²) in [5, 5.41) is 40.7. The SMILES string of the molecule is O=C(O)c1ccc2c3ccc(C(=O)O)c4c(C(=O)O)ccc(c5cccc1c52)c43.O=CO. The van der Waals surface area contributed by atoms with E-state index >= 15 is 0 Å². The Morgan fingerprint density at radius 3 is 1.38 bits per heavy atom. The summed E-state index contributed by atoms with van der Waals surface area (Å²) >= 11 is 0. The molecule has 0 aromatic heterocycles. The summed E-state index contributed by atoms with van der Waals surface area (Å²) in [4.78, 5) is 43.7. The lowest BCUT2D eigenvalue weighted by Gasteiger charge is -2.17. The van der Waals surface area contributed by atoms with Gasteiger partial charge in [0.05, 0.1) is 16.7 Å². The lowest BCUT2D eigenvalue weighted by molar-refractivity contribution is -0.122. The third kappa shape index (κ3) is 2.85. The number of hydrogen-bond acceptors (Lipinski definition) is 4. The van der Waals surface area contributed by atoms with Crippen molar-refractivity contribution in [3.05, 3.63) is 71.3 Å². The fraction of sp³-hybridized carbons (Fsp3) is 0. The molecule has 0 saturated carbocycles. The highest BCUT2D eigenvalue weighted by atomic mass is 16.4. The van der Waals surface area contributed by atoms with Crippen LogP contribution in [0.1, 0.15) is 31.1 Å². The summed E-state index contributed by atoms with van der Waals surface area (Å²) in [6.45, 7) is -0.250. The highest BCUT2D eigenvalue weighted by molar-refractivity contribution is 6.36. The number of fused-ring (bicyclic) bond motifs is 2. The number of carbonyl (C=O) groups is 4. The molecule has 0 bridgehead atoms. The van der Waals surface area contributed by atoms with E-state index in [0.29, 0.717) is 21.5 Å². The third-order valence-electron chi connectivity index (χ3n) is 5.47. The Morgan fingerprint density at radius 2 is 0.906 bits per heavy atom. The van der Waals surface area contributed by atoms with Gasteiger partial charge in [-0.2, -0.15) is 0 Å². The Labute approximate surface area is 178 Å². The first-order chi connectivity index (χ1) is 15.3. The van der Waals surface area contributed by atoms with Crippen molar-refractivity contribution in [3.63, 3.8) is 0 Å². The molecule has 32 heavy (non-hydrogen) atoms. The van der Waals surface area contributed by atoms with Crippen molar-refractivity contribution in [2.45, 2.75) is 0 Å². The fourth-order valence-electron chi connectivity index (χ4n) is 4.34. The highest BCUT2D eigenvalue weighted by Gasteiger charge is 2.22. The molecular formula is C24H14O8. The van der Waals surface area contributed by atoms with Crippen LogP contribution in [0.5, 0.6) is 0 Å². The van der Waals surface area contributed by atoms with E-state index in [4.69, 9.17) is 9.90 Å². The van der Waals surface area contributed by atoms with Gasteiger partial charge in [0, 0.05) is 5.39 Å². The van der Waals surface area contributed by atoms with Crippen LogP contribution in [-0.4, -0.2) is 44.8 Å². The molecule has 0 aliphatic carbocycles. The minimum atomic E-state index is -1.21. The van der Waals surface area contributed by atoms with Crippen molar-refractivity contribution in [2.75, 3.05) is 0 Å². The summed E-state index contributed by atoms with van der Waals surface area (Å²) < 4.78 is 0. The number of carboxylic acid groups (broad SMARTS) is 4. The van der Waals surface area contributed by atoms with Crippen LogP contribution in [0.15, 0.2) is 54.6 Å². The van der Waals surface area contributed by atoms with Gasteiger partial charge in [-0.3, -0.25) is 4.79 Å². The zero-order valence-corrected chi connectivity index (χ0v) is 16.2. The van der Waals surface area contributed by atoms with Gasteiger partial charge in [0.2, 0.25) is 0 Å². The van der Waals surface area contributed by atoms with Crippen molar-refractivity contribution < 1.29 is 39.6 Å². The zero-order chi connectivity index (χ0) is 23.2. The molecule has 0 aliphatic heterocycles. The van der Waals surface area contributed by atoms with Gasteiger partial charge in [0.1, 0.15) is 0 Å². The first-order valence-corrected chi connectivity index (χ1v) is 9.25. The summed E-state index contributed by atoms with van der Waals surface area (Å²) in [6, 6.07) is 14.7. The van der Waals surface area contributed by atoms with Crippen molar-refractivity contribution >= 4 is 67.5 Å². The Kier molecular flexibility index (Phi) is 4.82. The molecule has 8 nitrogen and oxygen atoms in total. The maximum atomic E-state index is 11.8. The second-order valence-electron chi connectivity index (χ2n) is 6.98. The largest absolute Gasteiger partial charge is 0.483 e. The van der Waals surface area contributed by atoms with E-state index in [0.717, 1.165) is 16.2 Å². The molecule has 0 radical (unpaired) electrons. The van der Waals surface area contributed by atoms with Crippen LogP contribution in [0.4, 0.5) is 0 Å². The quantitative estimate of drug-likeness (QED) is 0.185. The van der Waals surface area contributed by atoms with Gasteiger partial charge in [0.15, 0.2) is 0 Å². The fourth-order valence-corrected chi connectivity index (χ4v) is 4.34. The zero-order valence-electron chi connectivity index (χ0n) is 16.2. The number of benzene rings is 5. The Balaban J connectivity index is 0.000000775. The maximum absolute atomic E-state index is 11.8. The van der Waals surface area contributed by atoms with Gasteiger partial charge in [-0.05, 0) is 55.9 Å². The van der Waals surface area contributed by atoms with Crippen LogP contribution >= 0.6 is 0 Å². The van der Waals surface area contributed by atoms with Gasteiger partial charge in [-0.1, -0.05) is 36.4 Å². The molecule has 158 valence electrons. The smallest absolute Gasteiger partial charge is 0.336 e. The van der Waals surface area contributed by atoms with Crippen molar-refractivity contribution in [1.82, 2.24) is 0 Å². The lowest BCUT2D eigenvalue weighted by Crippen LogP contribution is -2.05. The normalized spacial score (nSPS) is 10.9. The molecule has 0 aliphatic rings. The van der Waals surface area contributed by atoms with Gasteiger partial charge >= 0.3 is 17.9 Å². The molecule has 0 heterocycles. The van der Waals surface area contributed by atoms with Crippen LogP contribution in [-0.2, 0) is 4.79 Å². The molecule has 0 spiro atoms. The molecule has 5 aromatic carbocycles. The summed E-state index contributed by atoms with van der Waals surface area (Å²) in [5.41, 5.74) is 0.0103. The summed E-state index contributed by atoms with van der Waals surface area (Å²) in [6.07, 6.45) is 0. The van der Waals surface area contributed by atoms with E-state index in [1.807, 2.05) is 6.07 Å². The molecule has 4 N–H and O–H groups in total. The third-order valence-corrected chi connectivity index (χ3v) is 5.47. The Bertz CT molecular complexity index is 1510. The van der Waals surface area contributed by atoms with E-state index in [-0.39, 0.29) is 28.5 Å². The molecule has 8 heteroatoms. The Morgan fingerprint density at radius 1 is 0.531 bits per heavy atom. The second-order valence-corrected chi connectivity index (χ2v) is 6.98. The highest BCUT2D eigenvalue weighted by Crippen LogP contribution is 2.42. The van der Waals surface area contributed by atoms with E-state index in [2.05, 4.69) is 0 Å². The average Bonchev–Trinajstić information content (AvgIpc) is 2.76. The van der Waals surface area contributed by atoms with Crippen LogP contribution in [0, 0.1) is 0 Å². The van der Waals surface area contributed by atoms with Crippen LogP contribution in [0.2, 0.25) is 0 Å². The molecule has 0 fully saturated rings. The minimum absolute atomic E-state index is 0.0826. The molecule has 0 unspecified atom stereocenters. The molecule has 0 atom stereocenters. The molecule has 0 saturated heterocycles. The minimum Gasteiger partial charge on any atom is -0.483 e. The van der Waals surface area contributed by atoms with Gasteiger partial charge in [0.25, 0.3) is 6.47 Å². The van der Waals surface area contributed by atoms with E-state index < -0.39 is 17.9 Å². The van der Waals surface area contributed by atoms with Gasteiger partial charge in [-0.15, -0.1) is 0 Å². The lowest BCUT2D eigenvalue weighted by atomic mass is 9.85. The van der Waals surface area contributed by atoms with E-state index in [9.17, 15) is 29.7 Å². The van der Waals surface area contributed by atoms with E-state index in [1.165, 1.54) is 18.2 Å². The van der Waals surface area contributed by atoms with Crippen molar-refractivity contribution in [3.8, 4) is 0 Å². The van der Waals surface area contributed by atoms with Crippen LogP contribution in [0.3, 0.4) is 0 Å². The maximum Gasteiger partial charge on any atom is 0.336 e. The number of rotatable bonds is 3. The van der Waals surface area contributed by atoms with Crippen LogP contribution in [0.25, 0.3) is 43.1 Å². The van der Waals surface area contributed by atoms with Crippen molar-refractivity contribution in [2.24, 2.45) is 0 Å². The first-order valence-electron chi connectivity index (χ1n) is 9.25. The molecular weight excluding hydrogens is 416 g/mol. The molecule has 0 amide bonds. The Hall–Kier alpha value is -4.72. The standard InChI is InChI=1S/C23H12O6.CH2O2/c24-21(25)15-7-4-12-14-6-9-17(23(28)29)20-16(22(26)27)8-5-13(19(14)20)10-2-1-3-11(15)18(10)12;2-1-3/h1-9H,(H,24,25)(H,26,27)(H,28,29);1H,(H,2,3). The predicted octanol–water partition coefficient (Wildman–Crippen LogP) is 4.53. The number of aromatic carboxylic acids is 3. The van der Waals surface area contributed by atoms with Gasteiger partial charge < -0.3 is 20.4 Å². The predicted molar refractivity (Wildman–Crippen MR) is 117 cm³/mol. The number of carboxylic acids is 3. The number of hydrogen-bond donors (Lipinski definition) is 4. The van der Waals surface area contributed by atoms with Crippen LogP contribution < -0.4 is 0 Å². The molecule has 5 rings (SSSR count). The summed E-state index contributed by atoms with van der Waals surface area (Å²) in [5.74, 6) is -3.45. The second kappa shape index (κ2) is 7.51. The molecule has 5 aromatic rings. The van der Waals surface area contributed by atoms with Gasteiger partial charge in [-0.25, -0.2) is 14.4 Å². The van der Waals surface area contributed by atoms with E-state index in [1.54, 1.807) is 30.3 Å². The first kappa shape index (κ1) is 20.5. The average molecular weight is 430 g/mol. The van der Waals surface area contributed by atoms with Crippen molar-refractivity contribution in [1.29, 1.82) is 0 Å². The topological polar surface area (TPSA) is 149 Å². The summed E-state index contributed by atoms with van der Waals surface area (Å²) in [7, 11) is 0.